The van der Waals surface area contributed by atoms with Gasteiger partial charge in [-0.3, -0.25) is 0 Å². The van der Waals surface area contributed by atoms with Gasteiger partial charge in [0, 0.05) is 13.2 Å². The molecule has 0 spiro atoms. The zero-order valence-electron chi connectivity index (χ0n) is 10.6. The molecule has 17 heavy (non-hydrogen) atoms. The molecule has 0 saturated carbocycles. The summed E-state index contributed by atoms with van der Waals surface area (Å²) in [7, 11) is 0. The maximum Gasteiger partial charge on any atom is 0.0992 e. The second kappa shape index (κ2) is 5.55. The van der Waals surface area contributed by atoms with Gasteiger partial charge in [-0.25, -0.2) is 0 Å². The van der Waals surface area contributed by atoms with Crippen molar-refractivity contribution in [1.82, 2.24) is 0 Å². The lowest BCUT2D eigenvalue weighted by atomic mass is 10.1. The molecule has 0 aliphatic carbocycles. The van der Waals surface area contributed by atoms with E-state index in [0.717, 1.165) is 5.69 Å². The summed E-state index contributed by atoms with van der Waals surface area (Å²) in [6.45, 7) is 7.29. The van der Waals surface area contributed by atoms with Gasteiger partial charge in [-0.05, 0) is 39.0 Å². The van der Waals surface area contributed by atoms with E-state index in [1.807, 2.05) is 20.8 Å². The summed E-state index contributed by atoms with van der Waals surface area (Å²) in [5.74, 6) is 0. The summed E-state index contributed by atoms with van der Waals surface area (Å²) < 4.78 is 5.58. The van der Waals surface area contributed by atoms with Gasteiger partial charge in [-0.15, -0.1) is 0 Å². The molecule has 0 bridgehead atoms. The Labute approximate surface area is 102 Å². The van der Waals surface area contributed by atoms with Crippen LogP contribution in [0, 0.1) is 11.3 Å². The molecule has 0 aliphatic rings. The summed E-state index contributed by atoms with van der Waals surface area (Å²) in [5, 5.41) is 12.0. The lowest BCUT2D eigenvalue weighted by molar-refractivity contribution is 0.000710. The SMILES string of the molecule is CCOC(C)(C)CNc1cc(C#N)ccc1N. The molecular weight excluding hydrogens is 214 g/mol. The first kappa shape index (κ1) is 13.3. The Hall–Kier alpha value is -1.73. The lowest BCUT2D eigenvalue weighted by Crippen LogP contribution is -2.33. The van der Waals surface area contributed by atoms with Gasteiger partial charge < -0.3 is 15.8 Å². The Morgan fingerprint density at radius 1 is 1.47 bits per heavy atom. The van der Waals surface area contributed by atoms with Crippen LogP contribution in [-0.4, -0.2) is 18.8 Å². The van der Waals surface area contributed by atoms with Crippen LogP contribution in [-0.2, 0) is 4.74 Å². The molecule has 4 heteroatoms. The van der Waals surface area contributed by atoms with Gasteiger partial charge in [0.05, 0.1) is 28.6 Å². The highest BCUT2D eigenvalue weighted by atomic mass is 16.5. The number of benzene rings is 1. The van der Waals surface area contributed by atoms with E-state index in [2.05, 4.69) is 11.4 Å². The third-order valence-electron chi connectivity index (χ3n) is 2.42. The van der Waals surface area contributed by atoms with E-state index in [-0.39, 0.29) is 5.60 Å². The summed E-state index contributed by atoms with van der Waals surface area (Å²) in [5.41, 5.74) is 7.58. The molecular formula is C13H19N3O. The molecule has 0 fully saturated rings. The van der Waals surface area contributed by atoms with Gasteiger partial charge in [0.15, 0.2) is 0 Å². The van der Waals surface area contributed by atoms with Crippen molar-refractivity contribution >= 4 is 11.4 Å². The molecule has 0 heterocycles. The summed E-state index contributed by atoms with van der Waals surface area (Å²) in [6.07, 6.45) is 0. The van der Waals surface area contributed by atoms with E-state index in [4.69, 9.17) is 15.7 Å². The predicted octanol–water partition coefficient (Wildman–Crippen LogP) is 2.37. The minimum Gasteiger partial charge on any atom is -0.397 e. The molecule has 1 aromatic carbocycles. The molecule has 3 N–H and O–H groups in total. The van der Waals surface area contributed by atoms with Gasteiger partial charge in [-0.1, -0.05) is 0 Å². The Bertz CT molecular complexity index is 421. The minimum atomic E-state index is -0.260. The van der Waals surface area contributed by atoms with Gasteiger partial charge in [-0.2, -0.15) is 5.26 Å². The first-order valence-corrected chi connectivity index (χ1v) is 5.66. The fourth-order valence-corrected chi connectivity index (χ4v) is 1.53. The van der Waals surface area contributed by atoms with Crippen LogP contribution in [0.2, 0.25) is 0 Å². The minimum absolute atomic E-state index is 0.260. The third-order valence-corrected chi connectivity index (χ3v) is 2.42. The highest BCUT2D eigenvalue weighted by molar-refractivity contribution is 5.68. The number of ether oxygens (including phenoxy) is 1. The molecule has 0 aliphatic heterocycles. The third kappa shape index (κ3) is 3.97. The molecule has 4 nitrogen and oxygen atoms in total. The first-order chi connectivity index (χ1) is 7.98. The molecule has 0 amide bonds. The Kier molecular flexibility index (Phi) is 4.36. The Morgan fingerprint density at radius 3 is 2.76 bits per heavy atom. The van der Waals surface area contributed by atoms with Crippen LogP contribution in [0.5, 0.6) is 0 Å². The van der Waals surface area contributed by atoms with Crippen molar-refractivity contribution in [3.8, 4) is 6.07 Å². The second-order valence-electron chi connectivity index (χ2n) is 4.46. The highest BCUT2D eigenvalue weighted by Gasteiger charge is 2.17. The molecule has 0 atom stereocenters. The first-order valence-electron chi connectivity index (χ1n) is 5.66. The van der Waals surface area contributed by atoms with Crippen LogP contribution >= 0.6 is 0 Å². The van der Waals surface area contributed by atoms with Gasteiger partial charge in [0.2, 0.25) is 0 Å². The van der Waals surface area contributed by atoms with Gasteiger partial charge >= 0.3 is 0 Å². The van der Waals surface area contributed by atoms with Gasteiger partial charge in [0.25, 0.3) is 0 Å². The topological polar surface area (TPSA) is 71.1 Å². The van der Waals surface area contributed by atoms with Crippen LogP contribution in [0.4, 0.5) is 11.4 Å². The molecule has 0 unspecified atom stereocenters. The van der Waals surface area contributed by atoms with Crippen LogP contribution in [0.25, 0.3) is 0 Å². The van der Waals surface area contributed by atoms with Crippen LogP contribution in [0.1, 0.15) is 26.3 Å². The van der Waals surface area contributed by atoms with Crippen molar-refractivity contribution in [3.63, 3.8) is 0 Å². The summed E-state index contributed by atoms with van der Waals surface area (Å²) in [4.78, 5) is 0. The number of rotatable bonds is 5. The monoisotopic (exact) mass is 233 g/mol. The number of nitrogens with zero attached hydrogens (tertiary/aromatic N) is 1. The van der Waals surface area contributed by atoms with E-state index < -0.39 is 0 Å². The van der Waals surface area contributed by atoms with Crippen molar-refractivity contribution in [3.05, 3.63) is 23.8 Å². The number of hydrogen-bond acceptors (Lipinski definition) is 4. The quantitative estimate of drug-likeness (QED) is 0.766. The maximum absolute atomic E-state index is 8.82. The van der Waals surface area contributed by atoms with E-state index in [1.165, 1.54) is 0 Å². The number of anilines is 2. The van der Waals surface area contributed by atoms with E-state index in [1.54, 1.807) is 18.2 Å². The fourth-order valence-electron chi connectivity index (χ4n) is 1.53. The summed E-state index contributed by atoms with van der Waals surface area (Å²) >= 11 is 0. The second-order valence-corrected chi connectivity index (χ2v) is 4.46. The zero-order chi connectivity index (χ0) is 12.9. The van der Waals surface area contributed by atoms with Crippen molar-refractivity contribution in [2.45, 2.75) is 26.4 Å². The van der Waals surface area contributed by atoms with Gasteiger partial charge in [0.1, 0.15) is 0 Å². The normalized spacial score (nSPS) is 10.9. The number of nitrogen functional groups attached to an aromatic ring is 1. The Balaban J connectivity index is 2.72. The molecule has 92 valence electrons. The molecule has 0 saturated heterocycles. The molecule has 0 aromatic heterocycles. The molecule has 1 rings (SSSR count). The smallest absolute Gasteiger partial charge is 0.0992 e. The standard InChI is InChI=1S/C13H19N3O/c1-4-17-13(2,3)9-16-12-7-10(8-14)5-6-11(12)15/h5-7,16H,4,9,15H2,1-3H3. The number of hydrogen-bond donors (Lipinski definition) is 2. The van der Waals surface area contributed by atoms with E-state index in [9.17, 15) is 0 Å². The van der Waals surface area contributed by atoms with Crippen molar-refractivity contribution in [2.75, 3.05) is 24.2 Å². The van der Waals surface area contributed by atoms with Crippen LogP contribution in [0.3, 0.4) is 0 Å². The van der Waals surface area contributed by atoms with E-state index in [0.29, 0.717) is 24.4 Å². The number of nitrogens with two attached hydrogens (primary N) is 1. The maximum atomic E-state index is 8.82. The van der Waals surface area contributed by atoms with Crippen molar-refractivity contribution in [1.29, 1.82) is 5.26 Å². The lowest BCUT2D eigenvalue weighted by Gasteiger charge is -2.25. The van der Waals surface area contributed by atoms with Crippen molar-refractivity contribution < 1.29 is 4.74 Å². The average Bonchev–Trinajstić information content (AvgIpc) is 2.28. The van der Waals surface area contributed by atoms with Crippen molar-refractivity contribution in [2.24, 2.45) is 0 Å². The average molecular weight is 233 g/mol. The largest absolute Gasteiger partial charge is 0.397 e. The predicted molar refractivity (Wildman–Crippen MR) is 69.8 cm³/mol. The molecule has 0 radical (unpaired) electrons. The number of nitriles is 1. The summed E-state index contributed by atoms with van der Waals surface area (Å²) in [6, 6.07) is 7.27. The Morgan fingerprint density at radius 2 is 2.18 bits per heavy atom. The zero-order valence-corrected chi connectivity index (χ0v) is 10.6. The highest BCUT2D eigenvalue weighted by Crippen LogP contribution is 2.21. The van der Waals surface area contributed by atoms with Crippen LogP contribution in [0.15, 0.2) is 18.2 Å². The van der Waals surface area contributed by atoms with Crippen LogP contribution < -0.4 is 11.1 Å². The molecule has 1 aromatic rings. The van der Waals surface area contributed by atoms with E-state index >= 15 is 0 Å². The fraction of sp³-hybridized carbons (Fsp3) is 0.462. The number of nitrogens with one attached hydrogen (secondary N) is 1.